The normalized spacial score (nSPS) is 21.4. The zero-order chi connectivity index (χ0) is 81.6. The molecule has 3 fully saturated rings. The number of nitrogens with zero attached hydrogens (tertiary/aromatic N) is 8. The number of ether oxygens (including phenoxy) is 3. The molecule has 1 aromatic carbocycles. The summed E-state index contributed by atoms with van der Waals surface area (Å²) in [5.41, 5.74) is 7.47. The first-order chi connectivity index (χ1) is 50.2. The van der Waals surface area contributed by atoms with Crippen molar-refractivity contribution < 1.29 is 111 Å². The van der Waals surface area contributed by atoms with Gasteiger partial charge in [-0.2, -0.15) is 31.0 Å². The molecular weight excluding hydrogens is 1610 g/mol. The number of hydrogen-bond acceptors (Lipinski definition) is 31. The third-order valence-electron chi connectivity index (χ3n) is 15.2. The molecule has 30 nitrogen and oxygen atoms in total. The molecule has 3 aliphatic heterocycles. The molecule has 0 bridgehead atoms. The molecule has 0 radical (unpaired) electrons. The van der Waals surface area contributed by atoms with E-state index in [9.17, 15) is 58.1 Å². The van der Waals surface area contributed by atoms with E-state index in [2.05, 4.69) is 63.5 Å². The summed E-state index contributed by atoms with van der Waals surface area (Å²) in [5.74, 6) is 2.72. The number of phosphoric acid groups is 2. The van der Waals surface area contributed by atoms with Gasteiger partial charge >= 0.3 is 38.7 Å². The minimum atomic E-state index is -4.35. The van der Waals surface area contributed by atoms with Crippen LogP contribution in [0.4, 0.5) is 26.1 Å². The third kappa shape index (κ3) is 30.6. The fourth-order valence-corrected chi connectivity index (χ4v) is 15.4. The first kappa shape index (κ1) is 102. The fraction of sp³-hybridized carbons (Fsp3) is 0.609. The number of alkyl halides is 2. The Hall–Kier alpha value is -3.85. The van der Waals surface area contributed by atoms with Gasteiger partial charge in [0.15, 0.2) is 44.4 Å². The number of anilines is 2. The van der Waals surface area contributed by atoms with Gasteiger partial charge in [0, 0.05) is 63.4 Å². The van der Waals surface area contributed by atoms with Crippen LogP contribution in [0.5, 0.6) is 5.75 Å². The number of nitro groups is 1. The number of benzene rings is 1. The van der Waals surface area contributed by atoms with E-state index in [1.807, 2.05) is 11.7 Å². The molecule has 41 heteroatoms. The zero-order valence-corrected chi connectivity index (χ0v) is 73.4. The second kappa shape index (κ2) is 45.6. The topological polar surface area (TPSA) is 405 Å². The largest absolute Gasteiger partial charge is 2.00 e. The Bertz CT molecular complexity index is 3810. The van der Waals surface area contributed by atoms with Crippen LogP contribution in [-0.4, -0.2) is 216 Å². The molecule has 7 N–H and O–H groups in total. The number of rotatable bonds is 28. The van der Waals surface area contributed by atoms with E-state index in [0.29, 0.717) is 23.0 Å². The smallest absolute Gasteiger partial charge is 1.00 e. The van der Waals surface area contributed by atoms with Gasteiger partial charge in [-0.25, -0.2) is 36.9 Å². The van der Waals surface area contributed by atoms with Crippen molar-refractivity contribution in [3.63, 3.8) is 0 Å². The number of carbonyl (C=O) groups is 4. The van der Waals surface area contributed by atoms with E-state index in [4.69, 9.17) is 52.8 Å². The Morgan fingerprint density at radius 2 is 1.04 bits per heavy atom. The Morgan fingerprint density at radius 1 is 0.682 bits per heavy atom. The number of thioether (sulfide) groups is 4. The number of nitro benzene ring substituents is 1. The summed E-state index contributed by atoms with van der Waals surface area (Å²) in [7, 11) is -3.83. The quantitative estimate of drug-likeness (QED) is 0.00591. The maximum absolute atomic E-state index is 15.5. The first-order valence-electron chi connectivity index (χ1n) is 34.1. The third-order valence-corrected chi connectivity index (χ3v) is 23.4. The van der Waals surface area contributed by atoms with Gasteiger partial charge in [0.05, 0.1) is 56.0 Å². The minimum Gasteiger partial charge on any atom is -1.00 e. The number of aromatic nitrogens is 6. The van der Waals surface area contributed by atoms with Gasteiger partial charge in [-0.15, -0.1) is 13.2 Å². The number of carbonyl (C=O) groups excluding carboxylic acids is 4. The molecule has 7 heterocycles. The molecule has 4 aromatic heterocycles. The first-order valence-corrected chi connectivity index (χ1v) is 41.5. The number of phosphoric ester groups is 2. The summed E-state index contributed by atoms with van der Waals surface area (Å²) >= 11 is 4.12. The number of nitrogen functional groups attached to an aromatic ring is 2. The Labute approximate surface area is 684 Å². The summed E-state index contributed by atoms with van der Waals surface area (Å²) in [6.07, 6.45) is -1.78. The molecule has 0 saturated carbocycles. The van der Waals surface area contributed by atoms with Crippen molar-refractivity contribution in [1.29, 1.82) is 0 Å². The van der Waals surface area contributed by atoms with Crippen LogP contribution in [0.15, 0.2) is 86.5 Å². The molecule has 10 atom stereocenters. The van der Waals surface area contributed by atoms with Crippen LogP contribution in [0, 0.1) is 37.7 Å². The average Bonchev–Trinajstić information content (AvgIpc) is 1.60. The number of aliphatic hydroxyl groups is 3. The number of hydrogen-bond donors (Lipinski definition) is 5. The Balaban J connectivity index is 0.000000535. The van der Waals surface area contributed by atoms with E-state index in [-0.39, 0.29) is 134 Å². The summed E-state index contributed by atoms with van der Waals surface area (Å²) in [5, 5.41) is 49.0. The molecule has 2 unspecified atom stereocenters. The van der Waals surface area contributed by atoms with Crippen molar-refractivity contribution >= 4 is 144 Å². The Kier molecular flexibility index (Phi) is 42.4. The Morgan fingerprint density at radius 3 is 1.34 bits per heavy atom. The van der Waals surface area contributed by atoms with Crippen LogP contribution in [0.3, 0.4) is 0 Å². The van der Waals surface area contributed by atoms with Crippen molar-refractivity contribution in [3.05, 3.63) is 114 Å². The van der Waals surface area contributed by atoms with Crippen LogP contribution >= 0.6 is 72.1 Å². The van der Waals surface area contributed by atoms with Crippen molar-refractivity contribution in [1.82, 2.24) is 33.9 Å². The predicted octanol–water partition coefficient (Wildman–Crippen LogP) is 9.59. The molecule has 3 aliphatic rings. The molecule has 0 spiro atoms. The predicted molar refractivity (Wildman–Crippen MR) is 426 cm³/mol. The number of non-ortho nitro benzene ring substituents is 1. The van der Waals surface area contributed by atoms with Gasteiger partial charge < -0.3 is 63.8 Å². The molecule has 110 heavy (non-hydrogen) atoms. The van der Waals surface area contributed by atoms with Gasteiger partial charge in [0.25, 0.3) is 5.69 Å². The summed E-state index contributed by atoms with van der Waals surface area (Å²) in [6.45, 7) is 34.1. The maximum atomic E-state index is 15.5. The molecule has 5 aromatic rings. The van der Waals surface area contributed by atoms with Crippen molar-refractivity contribution in [2.75, 3.05) is 87.8 Å². The standard InChI is InChI=1S/C27H40FN4O8PS2.C20H30NO8PS2.C13H15FN4O3.C5H12NOP.C4H9.ClH.Mg/c1-8-27(21(33)19(28)20(40-27)17-9-10-18-22(29)30-16-31-32(17)18)15-39-41(36,37-11-13-42-23(34)25(2,3)4)38-12-14-43-24(35)26(5,6)7;1-19(2,3)17(22)31-13-11-27-30(26,28-12-14-32-18(23)20(4,5)6)29-16-9-7-15(8-10-16)21(24)25;1-2-13(5-19)11(20)9(14)10(21-13)7-3-4-8-12(15)16-6-17-18(7)8;1-6(8)5-3-2-4-7-5;1-4(2)3;;/h8-10,16,19-21,33H,1,11-15H2,2-7H3,(H2,29,30,31);7-10H,11-14H2,1-6H3;2-4,6,9-11,19-20H,1,5H2,(H2,15,16,17);5H,2-4,8H2,1H3;1-3H3;1H;/q;;;;-1;;+2/p-1/t19-,20-,21-,27+;;9-,10-,11-,13+;;;;/m0.0..../s1. The zero-order valence-electron chi connectivity index (χ0n) is 65.0. The van der Waals surface area contributed by atoms with Crippen LogP contribution in [0.25, 0.3) is 11.0 Å². The minimum absolute atomic E-state index is 0. The van der Waals surface area contributed by atoms with Crippen molar-refractivity contribution in [2.24, 2.45) is 21.7 Å². The van der Waals surface area contributed by atoms with E-state index < -0.39 is 103 Å². The second-order valence-corrected chi connectivity index (χ2v) is 37.6. The SMILES string of the molecule is C=C[C@]1(CO)O[C@@H](c2ccc3c(N)ncnn23)[C@H](F)[C@@H]1O.C=C[C@]1(COP(=O)(OCCSC(=O)C(C)(C)C)OCCSC(=O)C(C)(C)C)O[C@@H](c2ccc3c(N)ncnn23)[C@H](F)[C@@H]1O.CC(C)(C)C(=O)SCCOP(=O)(OCCSC(=O)C(C)(C)C)Oc1ccc([N+](=O)[O-])cc1.CN(P)C1CCCO1.C[C-](C)C.[Cl-].[Mg+2]. The van der Waals surface area contributed by atoms with Gasteiger partial charge in [0.2, 0.25) is 0 Å². The van der Waals surface area contributed by atoms with E-state index in [1.165, 1.54) is 76.9 Å². The monoisotopic (exact) mass is 1710 g/mol. The van der Waals surface area contributed by atoms with Crippen molar-refractivity contribution in [3.8, 4) is 5.75 Å². The molecule has 0 aliphatic carbocycles. The second-order valence-electron chi connectivity index (χ2n) is 29.3. The molecule has 3 saturated heterocycles. The summed E-state index contributed by atoms with van der Waals surface area (Å²) in [6, 6.07) is 11.4. The number of nitrogens with two attached hydrogens (primary N) is 2. The number of halogens is 3. The van der Waals surface area contributed by atoms with Crippen LogP contribution in [-0.2, 0) is 65.1 Å². The summed E-state index contributed by atoms with van der Waals surface area (Å²) < 4.78 is 111. The molecule has 614 valence electrons. The molecule has 8 rings (SSSR count). The summed E-state index contributed by atoms with van der Waals surface area (Å²) in [4.78, 5) is 66.5. The van der Waals surface area contributed by atoms with E-state index in [1.54, 1.807) is 107 Å². The van der Waals surface area contributed by atoms with Crippen LogP contribution < -0.4 is 28.4 Å². The van der Waals surface area contributed by atoms with E-state index in [0.717, 1.165) is 53.7 Å². The number of aliphatic hydroxyl groups excluding tert-OH is 3. The van der Waals surface area contributed by atoms with Gasteiger partial charge in [-0.3, -0.25) is 56.6 Å². The fourth-order valence-electron chi connectivity index (χ4n) is 9.17. The van der Waals surface area contributed by atoms with Gasteiger partial charge in [-0.1, -0.05) is 152 Å². The average molecular weight is 1710 g/mol. The van der Waals surface area contributed by atoms with Gasteiger partial charge in [-0.05, 0) is 56.3 Å². The van der Waals surface area contributed by atoms with E-state index >= 15 is 4.39 Å². The molecular formula is C69H106ClF2MgN10O20P3S4. The van der Waals surface area contributed by atoms with Crippen molar-refractivity contribution in [2.45, 2.75) is 171 Å². The maximum Gasteiger partial charge on any atom is 2.00 e. The van der Waals surface area contributed by atoms with Crippen LogP contribution in [0.1, 0.15) is 140 Å². The van der Waals surface area contributed by atoms with Gasteiger partial charge in [0.1, 0.15) is 71.3 Å². The number of fused-ring (bicyclic) bond motifs is 2. The molecule has 0 amide bonds. The van der Waals surface area contributed by atoms with Crippen LogP contribution in [0.2, 0.25) is 0 Å².